The normalized spacial score (nSPS) is 31.5. The highest BCUT2D eigenvalue weighted by atomic mass is 32.2. The number of halogens is 3. The van der Waals surface area contributed by atoms with Crippen molar-refractivity contribution in [3.05, 3.63) is 23.5 Å². The van der Waals surface area contributed by atoms with Crippen LogP contribution in [0, 0.1) is 12.3 Å². The van der Waals surface area contributed by atoms with Gasteiger partial charge in [-0.05, 0) is 57.6 Å². The number of piperidine rings is 1. The SMILES string of the molecule is Cc1nc(C(F)(F)F)ccc1S(=O)(=O)N1[C@@H]2CC[C@H]1CC(NC1CC3(COC3)C1)C2. The first kappa shape index (κ1) is 20.7. The first-order chi connectivity index (χ1) is 14.1. The lowest BCUT2D eigenvalue weighted by Crippen LogP contribution is -2.62. The molecule has 1 aliphatic carbocycles. The van der Waals surface area contributed by atoms with E-state index in [9.17, 15) is 21.6 Å². The average molecular weight is 446 g/mol. The highest BCUT2D eigenvalue weighted by Gasteiger charge is 2.52. The highest BCUT2D eigenvalue weighted by Crippen LogP contribution is 2.48. The first-order valence-electron chi connectivity index (χ1n) is 10.5. The predicted octanol–water partition coefficient (Wildman–Crippen LogP) is 2.86. The van der Waals surface area contributed by atoms with Crippen LogP contribution in [-0.4, -0.2) is 55.1 Å². The molecule has 3 aliphatic heterocycles. The number of hydrogen-bond acceptors (Lipinski definition) is 5. The Kier molecular flexibility index (Phi) is 4.74. The molecule has 2 bridgehead atoms. The zero-order valence-corrected chi connectivity index (χ0v) is 17.6. The molecule has 0 radical (unpaired) electrons. The van der Waals surface area contributed by atoms with Crippen LogP contribution in [0.25, 0.3) is 0 Å². The molecule has 30 heavy (non-hydrogen) atoms. The standard InChI is InChI=1S/C20H26F3N3O3S/c1-12-17(4-5-18(24-12)20(21,22)23)30(27,28)26-15-2-3-16(26)7-13(6-15)25-14-8-19(9-14)10-29-11-19/h4-5,13-16,25H,2-3,6-11H2,1H3/t13?,15-,16+. The van der Waals surface area contributed by atoms with Crippen molar-refractivity contribution in [3.8, 4) is 0 Å². The number of alkyl halides is 3. The zero-order valence-electron chi connectivity index (χ0n) is 16.8. The maximum atomic E-state index is 13.3. The van der Waals surface area contributed by atoms with Gasteiger partial charge in [-0.1, -0.05) is 0 Å². The van der Waals surface area contributed by atoms with Crippen molar-refractivity contribution in [2.45, 2.75) is 80.7 Å². The lowest BCUT2D eigenvalue weighted by molar-refractivity contribution is -0.168. The van der Waals surface area contributed by atoms with Gasteiger partial charge in [0.15, 0.2) is 0 Å². The molecule has 1 unspecified atom stereocenters. The number of ether oxygens (including phenoxy) is 1. The summed E-state index contributed by atoms with van der Waals surface area (Å²) in [5.41, 5.74) is -0.791. The Morgan fingerprint density at radius 3 is 2.27 bits per heavy atom. The van der Waals surface area contributed by atoms with E-state index in [0.29, 0.717) is 11.5 Å². The van der Waals surface area contributed by atoms with Crippen molar-refractivity contribution in [1.82, 2.24) is 14.6 Å². The van der Waals surface area contributed by atoms with Gasteiger partial charge >= 0.3 is 6.18 Å². The van der Waals surface area contributed by atoms with Gasteiger partial charge in [-0.25, -0.2) is 13.4 Å². The molecular weight excluding hydrogens is 419 g/mol. The Labute approximate surface area is 174 Å². The van der Waals surface area contributed by atoms with Gasteiger partial charge in [0.2, 0.25) is 10.0 Å². The third-order valence-electron chi connectivity index (χ3n) is 7.20. The van der Waals surface area contributed by atoms with E-state index in [-0.39, 0.29) is 28.7 Å². The maximum absolute atomic E-state index is 13.3. The monoisotopic (exact) mass is 445 g/mol. The molecule has 10 heteroatoms. The quantitative estimate of drug-likeness (QED) is 0.772. The van der Waals surface area contributed by atoms with Gasteiger partial charge in [-0.2, -0.15) is 17.5 Å². The third kappa shape index (κ3) is 3.36. The number of aromatic nitrogens is 1. The molecule has 4 aliphatic rings. The average Bonchev–Trinajstić information content (AvgIpc) is 2.87. The molecule has 166 valence electrons. The van der Waals surface area contributed by atoms with E-state index in [1.54, 1.807) is 4.31 Å². The number of fused-ring (bicyclic) bond motifs is 2. The second-order valence-electron chi connectivity index (χ2n) is 9.43. The molecule has 5 rings (SSSR count). The van der Waals surface area contributed by atoms with Crippen LogP contribution in [-0.2, 0) is 20.9 Å². The fourth-order valence-electron chi connectivity index (χ4n) is 5.82. The van der Waals surface area contributed by atoms with E-state index < -0.39 is 21.9 Å². The number of aryl methyl sites for hydroxylation is 1. The largest absolute Gasteiger partial charge is 0.433 e. The Balaban J connectivity index is 1.29. The van der Waals surface area contributed by atoms with Gasteiger partial charge < -0.3 is 10.1 Å². The second-order valence-corrected chi connectivity index (χ2v) is 11.2. The molecule has 4 heterocycles. The molecule has 1 spiro atoms. The van der Waals surface area contributed by atoms with Crippen molar-refractivity contribution in [2.75, 3.05) is 13.2 Å². The molecule has 3 saturated heterocycles. The van der Waals surface area contributed by atoms with Gasteiger partial charge in [0.05, 0.1) is 18.9 Å². The number of sulfonamides is 1. The minimum Gasteiger partial charge on any atom is -0.380 e. The minimum atomic E-state index is -4.60. The molecule has 6 nitrogen and oxygen atoms in total. The van der Waals surface area contributed by atoms with Crippen molar-refractivity contribution >= 4 is 10.0 Å². The Bertz CT molecular complexity index is 926. The number of nitrogens with one attached hydrogen (secondary N) is 1. The summed E-state index contributed by atoms with van der Waals surface area (Å²) < 4.78 is 72.2. The topological polar surface area (TPSA) is 71.5 Å². The molecule has 0 aromatic carbocycles. The second kappa shape index (κ2) is 6.88. The van der Waals surface area contributed by atoms with Crippen molar-refractivity contribution in [1.29, 1.82) is 0 Å². The molecule has 1 aromatic rings. The Morgan fingerprint density at radius 2 is 1.77 bits per heavy atom. The number of nitrogens with zero attached hydrogens (tertiary/aromatic N) is 2. The number of pyridine rings is 1. The van der Waals surface area contributed by atoms with Gasteiger partial charge in [-0.3, -0.25) is 0 Å². The fourth-order valence-corrected chi connectivity index (χ4v) is 7.87. The van der Waals surface area contributed by atoms with Gasteiger partial charge in [0.1, 0.15) is 10.6 Å². The van der Waals surface area contributed by atoms with Crippen LogP contribution in [0.15, 0.2) is 17.0 Å². The molecule has 1 aromatic heterocycles. The van der Waals surface area contributed by atoms with Crippen LogP contribution in [0.5, 0.6) is 0 Å². The van der Waals surface area contributed by atoms with E-state index in [4.69, 9.17) is 4.74 Å². The van der Waals surface area contributed by atoms with E-state index in [1.165, 1.54) is 6.92 Å². The van der Waals surface area contributed by atoms with Gasteiger partial charge in [-0.15, -0.1) is 0 Å². The summed E-state index contributed by atoms with van der Waals surface area (Å²) in [4.78, 5) is 3.40. The summed E-state index contributed by atoms with van der Waals surface area (Å²) in [5, 5.41) is 3.71. The van der Waals surface area contributed by atoms with E-state index in [2.05, 4.69) is 10.3 Å². The summed E-state index contributed by atoms with van der Waals surface area (Å²) in [5.74, 6) is 0. The highest BCUT2D eigenvalue weighted by molar-refractivity contribution is 7.89. The Morgan fingerprint density at radius 1 is 1.13 bits per heavy atom. The smallest absolute Gasteiger partial charge is 0.380 e. The maximum Gasteiger partial charge on any atom is 0.433 e. The predicted molar refractivity (Wildman–Crippen MR) is 102 cm³/mol. The van der Waals surface area contributed by atoms with Crippen molar-refractivity contribution in [2.24, 2.45) is 5.41 Å². The number of hydrogen-bond donors (Lipinski definition) is 1. The third-order valence-corrected chi connectivity index (χ3v) is 9.33. The summed E-state index contributed by atoms with van der Waals surface area (Å²) in [6, 6.07) is 2.33. The number of rotatable bonds is 4. The molecule has 0 amide bonds. The van der Waals surface area contributed by atoms with Gasteiger partial charge in [0, 0.05) is 29.6 Å². The van der Waals surface area contributed by atoms with Crippen LogP contribution in [0.3, 0.4) is 0 Å². The summed E-state index contributed by atoms with van der Waals surface area (Å²) >= 11 is 0. The molecule has 3 atom stereocenters. The summed E-state index contributed by atoms with van der Waals surface area (Å²) in [7, 11) is -3.89. The van der Waals surface area contributed by atoms with E-state index in [0.717, 1.165) is 63.9 Å². The van der Waals surface area contributed by atoms with Crippen LogP contribution >= 0.6 is 0 Å². The Hall–Kier alpha value is -1.23. The van der Waals surface area contributed by atoms with Crippen LogP contribution in [0.2, 0.25) is 0 Å². The van der Waals surface area contributed by atoms with E-state index >= 15 is 0 Å². The summed E-state index contributed by atoms with van der Waals surface area (Å²) in [6.07, 6.45) is 0.706. The van der Waals surface area contributed by atoms with Gasteiger partial charge in [0.25, 0.3) is 0 Å². The summed E-state index contributed by atoms with van der Waals surface area (Å²) in [6.45, 7) is 3.04. The van der Waals surface area contributed by atoms with Crippen molar-refractivity contribution in [3.63, 3.8) is 0 Å². The van der Waals surface area contributed by atoms with Crippen LogP contribution in [0.4, 0.5) is 13.2 Å². The molecule has 1 N–H and O–H groups in total. The van der Waals surface area contributed by atoms with E-state index in [1.807, 2.05) is 0 Å². The lowest BCUT2D eigenvalue weighted by atomic mass is 9.64. The molecular formula is C20H26F3N3O3S. The van der Waals surface area contributed by atoms with Crippen LogP contribution in [0.1, 0.15) is 49.9 Å². The zero-order chi connectivity index (χ0) is 21.3. The van der Waals surface area contributed by atoms with Crippen LogP contribution < -0.4 is 5.32 Å². The lowest BCUT2D eigenvalue weighted by Gasteiger charge is -2.54. The van der Waals surface area contributed by atoms with Crippen molar-refractivity contribution < 1.29 is 26.3 Å². The fraction of sp³-hybridized carbons (Fsp3) is 0.750. The first-order valence-corrected chi connectivity index (χ1v) is 11.9. The molecule has 4 fully saturated rings. The minimum absolute atomic E-state index is 0.105. The molecule has 1 saturated carbocycles.